The van der Waals surface area contributed by atoms with E-state index in [4.69, 9.17) is 4.74 Å². The Morgan fingerprint density at radius 2 is 1.73 bits per heavy atom. The van der Waals surface area contributed by atoms with Gasteiger partial charge in [0.05, 0.1) is 5.56 Å². The number of carbonyl (C=O) groups is 1. The van der Waals surface area contributed by atoms with Crippen molar-refractivity contribution >= 4 is 16.7 Å². The second kappa shape index (κ2) is 5.40. The van der Waals surface area contributed by atoms with Crippen LogP contribution in [0.5, 0.6) is 0 Å². The third-order valence-corrected chi connectivity index (χ3v) is 5.34. The molecule has 3 nitrogen and oxygen atoms in total. The molecule has 0 aliphatic carbocycles. The average molecular weight is 295 g/mol. The highest BCUT2D eigenvalue weighted by molar-refractivity contribution is 6.04. The van der Waals surface area contributed by atoms with Crippen LogP contribution in [0.1, 0.15) is 36.0 Å². The normalized spacial score (nSPS) is 28.0. The Morgan fingerprint density at radius 3 is 2.50 bits per heavy atom. The van der Waals surface area contributed by atoms with Gasteiger partial charge in [-0.2, -0.15) is 0 Å². The Balaban J connectivity index is 1.55. The zero-order valence-corrected chi connectivity index (χ0v) is 12.9. The van der Waals surface area contributed by atoms with E-state index in [1.807, 2.05) is 42.5 Å². The van der Waals surface area contributed by atoms with Crippen molar-refractivity contribution in [2.45, 2.75) is 43.9 Å². The van der Waals surface area contributed by atoms with Gasteiger partial charge in [-0.15, -0.1) is 0 Å². The van der Waals surface area contributed by atoms with Crippen LogP contribution in [0.2, 0.25) is 0 Å². The summed E-state index contributed by atoms with van der Waals surface area (Å²) in [6.07, 6.45) is 4.50. The Morgan fingerprint density at radius 1 is 1.05 bits per heavy atom. The molecule has 0 spiro atoms. The van der Waals surface area contributed by atoms with Crippen molar-refractivity contribution < 1.29 is 9.53 Å². The first-order valence-corrected chi connectivity index (χ1v) is 8.13. The molecular weight excluding hydrogens is 274 g/mol. The van der Waals surface area contributed by atoms with Crippen LogP contribution in [0.4, 0.5) is 0 Å². The van der Waals surface area contributed by atoms with E-state index in [0.29, 0.717) is 17.6 Å². The SMILES string of the molecule is CN1[C@@H]2CC[C@H]1CC(OC(=O)c1cccc3ccccc13)C2. The number of carbonyl (C=O) groups excluding carboxylic acids is 1. The summed E-state index contributed by atoms with van der Waals surface area (Å²) in [5.74, 6) is -0.175. The molecule has 4 rings (SSSR count). The molecule has 2 aliphatic rings. The molecule has 114 valence electrons. The molecule has 0 aromatic heterocycles. The van der Waals surface area contributed by atoms with Crippen molar-refractivity contribution in [2.24, 2.45) is 0 Å². The van der Waals surface area contributed by atoms with Crippen LogP contribution >= 0.6 is 0 Å². The summed E-state index contributed by atoms with van der Waals surface area (Å²) < 4.78 is 5.85. The van der Waals surface area contributed by atoms with Gasteiger partial charge in [0, 0.05) is 24.9 Å². The second-order valence-corrected chi connectivity index (χ2v) is 6.58. The fourth-order valence-electron chi connectivity index (χ4n) is 4.08. The highest BCUT2D eigenvalue weighted by Crippen LogP contribution is 2.35. The lowest BCUT2D eigenvalue weighted by molar-refractivity contribution is -0.000261. The van der Waals surface area contributed by atoms with E-state index in [1.165, 1.54) is 12.8 Å². The largest absolute Gasteiger partial charge is 0.459 e. The maximum atomic E-state index is 12.6. The number of rotatable bonds is 2. The smallest absolute Gasteiger partial charge is 0.339 e. The van der Waals surface area contributed by atoms with Crippen molar-refractivity contribution in [3.05, 3.63) is 48.0 Å². The molecule has 2 aromatic carbocycles. The zero-order chi connectivity index (χ0) is 15.1. The number of hydrogen-bond acceptors (Lipinski definition) is 3. The standard InChI is InChI=1S/C19H21NO2/c1-20-14-9-10-15(20)12-16(11-14)22-19(21)18-8-4-6-13-5-2-3-7-17(13)18/h2-8,14-16H,9-12H2,1H3/t14-,15+,16?. The number of hydrogen-bond donors (Lipinski definition) is 0. The van der Waals surface area contributed by atoms with E-state index in [9.17, 15) is 4.79 Å². The van der Waals surface area contributed by atoms with Gasteiger partial charge in [-0.25, -0.2) is 4.79 Å². The molecule has 2 fully saturated rings. The first-order chi connectivity index (χ1) is 10.7. The van der Waals surface area contributed by atoms with Gasteiger partial charge in [-0.3, -0.25) is 0 Å². The summed E-state index contributed by atoms with van der Waals surface area (Å²) >= 11 is 0. The minimum atomic E-state index is -0.175. The molecular formula is C19H21NO2. The van der Waals surface area contributed by atoms with Crippen LogP contribution in [-0.2, 0) is 4.74 Å². The predicted octanol–water partition coefficient (Wildman–Crippen LogP) is 3.62. The topological polar surface area (TPSA) is 29.5 Å². The maximum absolute atomic E-state index is 12.6. The Bertz CT molecular complexity index is 692. The average Bonchev–Trinajstić information content (AvgIpc) is 2.75. The number of nitrogens with zero attached hydrogens (tertiary/aromatic N) is 1. The molecule has 3 heteroatoms. The van der Waals surface area contributed by atoms with E-state index < -0.39 is 0 Å². The summed E-state index contributed by atoms with van der Waals surface area (Å²) in [7, 11) is 2.20. The number of benzene rings is 2. The molecule has 0 radical (unpaired) electrons. The van der Waals surface area contributed by atoms with Crippen LogP contribution in [0, 0.1) is 0 Å². The first kappa shape index (κ1) is 13.8. The molecule has 0 saturated carbocycles. The Hall–Kier alpha value is -1.87. The Labute approximate surface area is 130 Å². The van der Waals surface area contributed by atoms with Crippen molar-refractivity contribution in [3.63, 3.8) is 0 Å². The van der Waals surface area contributed by atoms with Crippen molar-refractivity contribution in [1.82, 2.24) is 4.90 Å². The zero-order valence-electron chi connectivity index (χ0n) is 12.9. The van der Waals surface area contributed by atoms with Gasteiger partial charge < -0.3 is 9.64 Å². The maximum Gasteiger partial charge on any atom is 0.339 e. The molecule has 1 unspecified atom stereocenters. The van der Waals surface area contributed by atoms with Crippen LogP contribution in [-0.4, -0.2) is 36.1 Å². The van der Waals surface area contributed by atoms with E-state index in [2.05, 4.69) is 11.9 Å². The van der Waals surface area contributed by atoms with E-state index >= 15 is 0 Å². The molecule has 2 bridgehead atoms. The van der Waals surface area contributed by atoms with Gasteiger partial charge in [0.2, 0.25) is 0 Å². The van der Waals surface area contributed by atoms with Crippen molar-refractivity contribution in [2.75, 3.05) is 7.05 Å². The lowest BCUT2D eigenvalue weighted by Crippen LogP contribution is -2.43. The molecule has 0 amide bonds. The highest BCUT2D eigenvalue weighted by atomic mass is 16.5. The summed E-state index contributed by atoms with van der Waals surface area (Å²) in [5, 5.41) is 2.06. The van der Waals surface area contributed by atoms with Crippen molar-refractivity contribution in [1.29, 1.82) is 0 Å². The Kier molecular flexibility index (Phi) is 3.38. The highest BCUT2D eigenvalue weighted by Gasteiger charge is 2.39. The summed E-state index contributed by atoms with van der Waals surface area (Å²) in [4.78, 5) is 15.1. The van der Waals surface area contributed by atoms with Gasteiger partial charge in [-0.05, 0) is 36.7 Å². The van der Waals surface area contributed by atoms with Gasteiger partial charge >= 0.3 is 5.97 Å². The molecule has 2 heterocycles. The molecule has 2 aliphatic heterocycles. The van der Waals surface area contributed by atoms with E-state index in [-0.39, 0.29) is 12.1 Å². The lowest BCUT2D eigenvalue weighted by Gasteiger charge is -2.35. The minimum absolute atomic E-state index is 0.0696. The van der Waals surface area contributed by atoms with E-state index in [1.54, 1.807) is 0 Å². The van der Waals surface area contributed by atoms with E-state index in [0.717, 1.165) is 23.6 Å². The number of esters is 1. The monoisotopic (exact) mass is 295 g/mol. The van der Waals surface area contributed by atoms with Crippen LogP contribution in [0.15, 0.2) is 42.5 Å². The number of ether oxygens (including phenoxy) is 1. The first-order valence-electron chi connectivity index (χ1n) is 8.13. The summed E-state index contributed by atoms with van der Waals surface area (Å²) in [6, 6.07) is 15.0. The minimum Gasteiger partial charge on any atom is -0.459 e. The predicted molar refractivity (Wildman–Crippen MR) is 87.0 cm³/mol. The number of piperidine rings is 1. The van der Waals surface area contributed by atoms with Crippen LogP contribution in [0.3, 0.4) is 0 Å². The van der Waals surface area contributed by atoms with Crippen LogP contribution in [0.25, 0.3) is 10.8 Å². The van der Waals surface area contributed by atoms with Gasteiger partial charge in [0.15, 0.2) is 0 Å². The molecule has 0 N–H and O–H groups in total. The number of fused-ring (bicyclic) bond motifs is 3. The van der Waals surface area contributed by atoms with Gasteiger partial charge in [-0.1, -0.05) is 36.4 Å². The third-order valence-electron chi connectivity index (χ3n) is 5.34. The fraction of sp³-hybridized carbons (Fsp3) is 0.421. The molecule has 2 aromatic rings. The van der Waals surface area contributed by atoms with Crippen LogP contribution < -0.4 is 0 Å². The third kappa shape index (κ3) is 2.30. The van der Waals surface area contributed by atoms with Gasteiger partial charge in [0.25, 0.3) is 0 Å². The summed E-state index contributed by atoms with van der Waals surface area (Å²) in [5.41, 5.74) is 0.685. The summed E-state index contributed by atoms with van der Waals surface area (Å²) in [6.45, 7) is 0. The molecule has 2 saturated heterocycles. The fourth-order valence-corrected chi connectivity index (χ4v) is 4.08. The van der Waals surface area contributed by atoms with Gasteiger partial charge in [0.1, 0.15) is 6.10 Å². The lowest BCUT2D eigenvalue weighted by atomic mass is 10.00. The second-order valence-electron chi connectivity index (χ2n) is 6.58. The molecule has 22 heavy (non-hydrogen) atoms. The quantitative estimate of drug-likeness (QED) is 0.793. The molecule has 3 atom stereocenters. The van der Waals surface area contributed by atoms with Crippen molar-refractivity contribution in [3.8, 4) is 0 Å².